The van der Waals surface area contributed by atoms with Crippen molar-refractivity contribution in [2.24, 2.45) is 0 Å². The first-order chi connectivity index (χ1) is 19.7. The zero-order valence-corrected chi connectivity index (χ0v) is 22.1. The number of hydrogen-bond donors (Lipinski definition) is 5. The van der Waals surface area contributed by atoms with Crippen molar-refractivity contribution in [2.45, 2.75) is 32.5 Å². The van der Waals surface area contributed by atoms with E-state index in [9.17, 15) is 19.2 Å². The first kappa shape index (κ1) is 25.8. The van der Waals surface area contributed by atoms with Gasteiger partial charge in [0.25, 0.3) is 23.6 Å². The number of benzene rings is 2. The number of nitrogens with zero attached hydrogens (tertiary/aromatic N) is 2. The van der Waals surface area contributed by atoms with Gasteiger partial charge in [-0.05, 0) is 49.2 Å². The Hall–Kier alpha value is -5.46. The van der Waals surface area contributed by atoms with Crippen molar-refractivity contribution < 1.29 is 28.7 Å². The predicted molar refractivity (Wildman–Crippen MR) is 147 cm³/mol. The minimum Gasteiger partial charge on any atom is -0.482 e. The fourth-order valence-electron chi connectivity index (χ4n) is 4.54. The standard InChI is InChI=1S/C28H25N7O6/c1-28(2)27(39)35-18-8-15(4-6-20(18)41-28)9-30-25(37)16-11-29-23-22(16)32-13-33-24(23)26(38)31-10-14-3-5-19-17(7-14)34-21(36)12-40-19/h3-8,11,13,29H,9-10,12H2,1-2H3,(H,30,37)(H,31,38)(H,34,36)(H,35,39). The smallest absolute Gasteiger partial charge is 0.272 e. The highest BCUT2D eigenvalue weighted by Crippen LogP contribution is 2.34. The van der Waals surface area contributed by atoms with Crippen LogP contribution >= 0.6 is 0 Å². The Kier molecular flexibility index (Phi) is 6.25. The number of fused-ring (bicyclic) bond motifs is 3. The Morgan fingerprint density at radius 1 is 0.927 bits per heavy atom. The maximum Gasteiger partial charge on any atom is 0.272 e. The quantitative estimate of drug-likeness (QED) is 0.241. The maximum atomic E-state index is 13.0. The van der Waals surface area contributed by atoms with Gasteiger partial charge in [0.1, 0.15) is 23.3 Å². The molecule has 0 radical (unpaired) electrons. The third-order valence-electron chi connectivity index (χ3n) is 6.71. The zero-order valence-electron chi connectivity index (χ0n) is 22.1. The second-order valence-corrected chi connectivity index (χ2v) is 10.1. The summed E-state index contributed by atoms with van der Waals surface area (Å²) >= 11 is 0. The van der Waals surface area contributed by atoms with Gasteiger partial charge in [-0.1, -0.05) is 12.1 Å². The first-order valence-corrected chi connectivity index (χ1v) is 12.8. The molecule has 0 fully saturated rings. The molecule has 5 N–H and O–H groups in total. The van der Waals surface area contributed by atoms with E-state index in [-0.39, 0.29) is 42.8 Å². The van der Waals surface area contributed by atoms with Crippen LogP contribution in [-0.2, 0) is 22.7 Å². The van der Waals surface area contributed by atoms with Crippen LogP contribution in [0.15, 0.2) is 48.9 Å². The molecule has 0 bridgehead atoms. The van der Waals surface area contributed by atoms with Crippen LogP contribution in [0.2, 0.25) is 0 Å². The fourth-order valence-corrected chi connectivity index (χ4v) is 4.54. The summed E-state index contributed by atoms with van der Waals surface area (Å²) in [5, 5.41) is 11.2. The number of ether oxygens (including phenoxy) is 2. The summed E-state index contributed by atoms with van der Waals surface area (Å²) < 4.78 is 11.1. The molecule has 2 aromatic carbocycles. The van der Waals surface area contributed by atoms with Gasteiger partial charge in [0.15, 0.2) is 17.9 Å². The number of amides is 4. The minimum atomic E-state index is -0.967. The van der Waals surface area contributed by atoms with Crippen molar-refractivity contribution >= 4 is 46.0 Å². The Morgan fingerprint density at radius 2 is 1.61 bits per heavy atom. The molecule has 13 nitrogen and oxygen atoms in total. The molecular weight excluding hydrogens is 530 g/mol. The SMILES string of the molecule is CC1(C)Oc2ccc(CNC(=O)c3c[nH]c4c(C(=O)NCc5ccc6c(c5)NC(=O)CO6)ncnc34)cc2NC1=O. The number of H-pyrrole nitrogens is 1. The van der Waals surface area contributed by atoms with Gasteiger partial charge < -0.3 is 35.7 Å². The number of aromatic amines is 1. The van der Waals surface area contributed by atoms with Gasteiger partial charge in [0.2, 0.25) is 0 Å². The van der Waals surface area contributed by atoms with Crippen LogP contribution < -0.4 is 30.7 Å². The molecular formula is C28H25N7O6. The van der Waals surface area contributed by atoms with Gasteiger partial charge in [-0.25, -0.2) is 9.97 Å². The topological polar surface area (TPSA) is 176 Å². The van der Waals surface area contributed by atoms with Crippen LogP contribution in [0.4, 0.5) is 11.4 Å². The van der Waals surface area contributed by atoms with Crippen molar-refractivity contribution in [3.05, 3.63) is 71.3 Å². The molecule has 0 unspecified atom stereocenters. The summed E-state index contributed by atoms with van der Waals surface area (Å²) in [6.45, 7) is 3.69. The molecule has 0 saturated heterocycles. The molecule has 0 spiro atoms. The third kappa shape index (κ3) is 5.00. The maximum absolute atomic E-state index is 13.0. The fraction of sp³-hybridized carbons (Fsp3) is 0.214. The lowest BCUT2D eigenvalue weighted by molar-refractivity contribution is -0.129. The van der Waals surface area contributed by atoms with Crippen LogP contribution in [0.25, 0.3) is 11.0 Å². The second-order valence-electron chi connectivity index (χ2n) is 10.1. The lowest BCUT2D eigenvalue weighted by Crippen LogP contribution is -2.45. The summed E-state index contributed by atoms with van der Waals surface area (Å²) in [4.78, 5) is 61.1. The van der Waals surface area contributed by atoms with Gasteiger partial charge >= 0.3 is 0 Å². The van der Waals surface area contributed by atoms with Gasteiger partial charge in [-0.2, -0.15) is 0 Å². The largest absolute Gasteiger partial charge is 0.482 e. The molecule has 6 rings (SSSR count). The molecule has 4 heterocycles. The molecule has 4 aromatic rings. The number of anilines is 2. The summed E-state index contributed by atoms with van der Waals surface area (Å²) in [6, 6.07) is 10.5. The number of rotatable bonds is 6. The lowest BCUT2D eigenvalue weighted by atomic mass is 10.0. The highest BCUT2D eigenvalue weighted by atomic mass is 16.5. The highest BCUT2D eigenvalue weighted by molar-refractivity contribution is 6.10. The number of nitrogens with one attached hydrogen (secondary N) is 5. The predicted octanol–water partition coefficient (Wildman–Crippen LogP) is 2.26. The Morgan fingerprint density at radius 3 is 2.37 bits per heavy atom. The van der Waals surface area contributed by atoms with Crippen LogP contribution in [0, 0.1) is 0 Å². The zero-order chi connectivity index (χ0) is 28.7. The average Bonchev–Trinajstić information content (AvgIpc) is 3.39. The van der Waals surface area contributed by atoms with E-state index < -0.39 is 17.4 Å². The van der Waals surface area contributed by atoms with E-state index in [1.54, 1.807) is 50.2 Å². The summed E-state index contributed by atoms with van der Waals surface area (Å²) in [7, 11) is 0. The van der Waals surface area contributed by atoms with Gasteiger partial charge in [-0.3, -0.25) is 19.2 Å². The Balaban J connectivity index is 1.12. The molecule has 208 valence electrons. The van der Waals surface area contributed by atoms with Crippen LogP contribution in [-0.4, -0.2) is 50.8 Å². The van der Waals surface area contributed by atoms with E-state index in [1.807, 2.05) is 0 Å². The summed E-state index contributed by atoms with van der Waals surface area (Å²) in [5.41, 5.74) is 2.54. The van der Waals surface area contributed by atoms with Crippen molar-refractivity contribution in [3.63, 3.8) is 0 Å². The molecule has 41 heavy (non-hydrogen) atoms. The molecule has 0 aliphatic carbocycles. The molecule has 2 aliphatic rings. The van der Waals surface area contributed by atoms with Gasteiger partial charge in [0.05, 0.1) is 22.5 Å². The highest BCUT2D eigenvalue weighted by Gasteiger charge is 2.35. The van der Waals surface area contributed by atoms with Crippen molar-refractivity contribution in [1.82, 2.24) is 25.6 Å². The number of aromatic nitrogens is 3. The number of hydrogen-bond acceptors (Lipinski definition) is 8. The lowest BCUT2D eigenvalue weighted by Gasteiger charge is -2.31. The number of carbonyl (C=O) groups excluding carboxylic acids is 4. The molecule has 4 amide bonds. The Labute approximate surface area is 233 Å². The van der Waals surface area contributed by atoms with Crippen molar-refractivity contribution in [1.29, 1.82) is 0 Å². The normalized spacial score (nSPS) is 15.0. The minimum absolute atomic E-state index is 0.0370. The summed E-state index contributed by atoms with van der Waals surface area (Å²) in [5.74, 6) is -0.259. The van der Waals surface area contributed by atoms with E-state index in [0.717, 1.165) is 11.1 Å². The van der Waals surface area contributed by atoms with Crippen LogP contribution in [0.5, 0.6) is 11.5 Å². The Bertz CT molecular complexity index is 1750. The van der Waals surface area contributed by atoms with Crippen LogP contribution in [0.3, 0.4) is 0 Å². The molecule has 0 atom stereocenters. The second kappa shape index (κ2) is 9.93. The van der Waals surface area contributed by atoms with E-state index in [4.69, 9.17) is 9.47 Å². The number of carbonyl (C=O) groups is 4. The molecule has 13 heteroatoms. The van der Waals surface area contributed by atoms with E-state index in [2.05, 4.69) is 36.2 Å². The van der Waals surface area contributed by atoms with Crippen LogP contribution in [0.1, 0.15) is 45.8 Å². The van der Waals surface area contributed by atoms with Crippen molar-refractivity contribution in [2.75, 3.05) is 17.2 Å². The first-order valence-electron chi connectivity index (χ1n) is 12.8. The van der Waals surface area contributed by atoms with Gasteiger partial charge in [-0.15, -0.1) is 0 Å². The summed E-state index contributed by atoms with van der Waals surface area (Å²) in [6.07, 6.45) is 2.70. The van der Waals surface area contributed by atoms with Crippen molar-refractivity contribution in [3.8, 4) is 11.5 Å². The average molecular weight is 556 g/mol. The molecule has 0 saturated carbocycles. The van der Waals surface area contributed by atoms with E-state index >= 15 is 0 Å². The molecule has 2 aliphatic heterocycles. The van der Waals surface area contributed by atoms with Gasteiger partial charge in [0, 0.05) is 19.3 Å². The molecule has 2 aromatic heterocycles. The third-order valence-corrected chi connectivity index (χ3v) is 6.71. The monoisotopic (exact) mass is 555 g/mol. The van der Waals surface area contributed by atoms with E-state index in [1.165, 1.54) is 12.5 Å². The van der Waals surface area contributed by atoms with E-state index in [0.29, 0.717) is 33.9 Å².